The zero-order valence-corrected chi connectivity index (χ0v) is 23.4. The molecule has 206 valence electrons. The lowest BCUT2D eigenvalue weighted by Crippen LogP contribution is -2.36. The van der Waals surface area contributed by atoms with Crippen LogP contribution in [0.2, 0.25) is 0 Å². The van der Waals surface area contributed by atoms with Crippen LogP contribution in [0.5, 0.6) is 0 Å². The van der Waals surface area contributed by atoms with Gasteiger partial charge in [0.05, 0.1) is 12.0 Å². The lowest BCUT2D eigenvalue weighted by atomic mass is 9.77. The van der Waals surface area contributed by atoms with Gasteiger partial charge in [-0.3, -0.25) is 4.79 Å². The zero-order chi connectivity index (χ0) is 29.1. The fourth-order valence-electron chi connectivity index (χ4n) is 5.86. The van der Waals surface area contributed by atoms with Crippen LogP contribution in [0.25, 0.3) is 28.3 Å². The van der Waals surface area contributed by atoms with Crippen LogP contribution < -0.4 is 0 Å². The van der Waals surface area contributed by atoms with Gasteiger partial charge in [0, 0.05) is 17.1 Å². The molecule has 0 aliphatic carbocycles. The van der Waals surface area contributed by atoms with E-state index < -0.39 is 5.54 Å². The molecule has 0 radical (unpaired) electrons. The summed E-state index contributed by atoms with van der Waals surface area (Å²) in [4.78, 5) is 18.0. The minimum Gasteiger partial charge on any atom is -0.453 e. The highest BCUT2D eigenvalue weighted by molar-refractivity contribution is 6.07. The second kappa shape index (κ2) is 11.3. The van der Waals surface area contributed by atoms with Crippen molar-refractivity contribution in [3.05, 3.63) is 192 Å². The number of furan rings is 1. The predicted octanol–water partition coefficient (Wildman–Crippen LogP) is 9.03. The molecule has 0 saturated carbocycles. The molecule has 5 aromatic carbocycles. The molecule has 0 amide bonds. The van der Waals surface area contributed by atoms with Crippen LogP contribution in [0.1, 0.15) is 32.8 Å². The molecule has 0 atom stereocenters. The molecule has 7 aromatic rings. The van der Waals surface area contributed by atoms with Crippen molar-refractivity contribution < 1.29 is 9.21 Å². The van der Waals surface area contributed by atoms with Crippen molar-refractivity contribution in [1.82, 2.24) is 9.55 Å². The third-order valence-electron chi connectivity index (χ3n) is 7.86. The number of fused-ring (bicyclic) bond motifs is 1. The van der Waals surface area contributed by atoms with E-state index in [1.165, 1.54) is 0 Å². The molecule has 0 unspecified atom stereocenters. The fraction of sp³-hybridized carbons (Fsp3) is 0.0256. The minimum atomic E-state index is -0.656. The van der Waals surface area contributed by atoms with Crippen molar-refractivity contribution in [2.45, 2.75) is 5.54 Å². The van der Waals surface area contributed by atoms with E-state index in [4.69, 9.17) is 9.40 Å². The monoisotopic (exact) mass is 556 g/mol. The summed E-state index contributed by atoms with van der Waals surface area (Å²) in [6.45, 7) is 0. The number of allylic oxidation sites excluding steroid dienone is 1. The standard InChI is InChI=1S/C39H28N2O2/c42-36(38-26-30-15-11-13-23-37(30)43-38)25-24-29-14-10-12-22-34(29)35-27-41(28-40-35)39(31-16-4-1-5-17-31,32-18-6-2-7-19-32)33-20-8-3-9-21-33/h1-28H. The first-order valence-electron chi connectivity index (χ1n) is 14.2. The maximum absolute atomic E-state index is 13.0. The molecule has 2 heterocycles. The van der Waals surface area contributed by atoms with Gasteiger partial charge in [0.25, 0.3) is 0 Å². The predicted molar refractivity (Wildman–Crippen MR) is 172 cm³/mol. The Labute approximate surface area is 250 Å². The average molecular weight is 557 g/mol. The Morgan fingerprint density at radius 3 is 1.86 bits per heavy atom. The summed E-state index contributed by atoms with van der Waals surface area (Å²) in [5, 5.41) is 0.906. The summed E-state index contributed by atoms with van der Waals surface area (Å²) in [6, 6.07) is 49.0. The zero-order valence-electron chi connectivity index (χ0n) is 23.4. The van der Waals surface area contributed by atoms with Crippen molar-refractivity contribution in [3.8, 4) is 11.3 Å². The van der Waals surface area contributed by atoms with Gasteiger partial charge in [0.2, 0.25) is 5.78 Å². The number of hydrogen-bond donors (Lipinski definition) is 0. The second-order valence-electron chi connectivity index (χ2n) is 10.4. The number of benzene rings is 5. The molecule has 0 spiro atoms. The number of aromatic nitrogens is 2. The normalized spacial score (nSPS) is 11.7. The third-order valence-corrected chi connectivity index (χ3v) is 7.86. The number of imidazole rings is 1. The molecule has 0 aliphatic rings. The topological polar surface area (TPSA) is 48.0 Å². The number of rotatable bonds is 8. The SMILES string of the molecule is O=C(C=Cc1ccccc1-c1cn(C(c2ccccc2)(c2ccccc2)c2ccccc2)cn1)c1cc2ccccc2o1. The first-order valence-corrected chi connectivity index (χ1v) is 14.2. The van der Waals surface area contributed by atoms with Crippen LogP contribution in [0.15, 0.2) is 169 Å². The van der Waals surface area contributed by atoms with E-state index in [9.17, 15) is 4.79 Å². The van der Waals surface area contributed by atoms with Crippen molar-refractivity contribution in [1.29, 1.82) is 0 Å². The van der Waals surface area contributed by atoms with Gasteiger partial charge in [-0.2, -0.15) is 0 Å². The van der Waals surface area contributed by atoms with Gasteiger partial charge in [-0.1, -0.05) is 140 Å². The van der Waals surface area contributed by atoms with Crippen molar-refractivity contribution in [3.63, 3.8) is 0 Å². The summed E-state index contributed by atoms with van der Waals surface area (Å²) in [7, 11) is 0. The maximum Gasteiger partial charge on any atom is 0.221 e. The van der Waals surface area contributed by atoms with Crippen LogP contribution in [0, 0.1) is 0 Å². The highest BCUT2D eigenvalue weighted by Gasteiger charge is 2.38. The average Bonchev–Trinajstić information content (AvgIpc) is 3.74. The lowest BCUT2D eigenvalue weighted by Gasteiger charge is -2.37. The van der Waals surface area contributed by atoms with Crippen molar-refractivity contribution in [2.75, 3.05) is 0 Å². The number of ketones is 1. The van der Waals surface area contributed by atoms with Gasteiger partial charge in [-0.15, -0.1) is 0 Å². The second-order valence-corrected chi connectivity index (χ2v) is 10.4. The van der Waals surface area contributed by atoms with E-state index >= 15 is 0 Å². The number of para-hydroxylation sites is 1. The number of hydrogen-bond acceptors (Lipinski definition) is 3. The van der Waals surface area contributed by atoms with E-state index in [-0.39, 0.29) is 5.78 Å². The fourth-order valence-corrected chi connectivity index (χ4v) is 5.86. The van der Waals surface area contributed by atoms with Gasteiger partial charge in [-0.05, 0) is 40.5 Å². The summed E-state index contributed by atoms with van der Waals surface area (Å²) >= 11 is 0. The summed E-state index contributed by atoms with van der Waals surface area (Å²) in [5.74, 6) is 0.130. The number of carbonyl (C=O) groups excluding carboxylic acids is 1. The van der Waals surface area contributed by atoms with Crippen LogP contribution in [0.3, 0.4) is 0 Å². The van der Waals surface area contributed by atoms with Crippen LogP contribution in [-0.4, -0.2) is 15.3 Å². The molecule has 0 saturated heterocycles. The molecule has 0 aliphatic heterocycles. The number of nitrogens with zero attached hydrogens (tertiary/aromatic N) is 2. The lowest BCUT2D eigenvalue weighted by molar-refractivity contribution is 0.102. The first-order chi connectivity index (χ1) is 21.2. The third kappa shape index (κ3) is 4.79. The summed E-state index contributed by atoms with van der Waals surface area (Å²) in [5.41, 5.74) is 6.05. The molecular formula is C39H28N2O2. The van der Waals surface area contributed by atoms with Gasteiger partial charge in [0.1, 0.15) is 11.1 Å². The maximum atomic E-state index is 13.0. The highest BCUT2D eigenvalue weighted by atomic mass is 16.3. The van der Waals surface area contributed by atoms with Crippen molar-refractivity contribution >= 4 is 22.8 Å². The smallest absolute Gasteiger partial charge is 0.221 e. The Balaban J connectivity index is 1.32. The van der Waals surface area contributed by atoms with E-state index in [2.05, 4.69) is 83.6 Å². The first kappa shape index (κ1) is 26.2. The summed E-state index contributed by atoms with van der Waals surface area (Å²) < 4.78 is 7.98. The molecule has 2 aromatic heterocycles. The van der Waals surface area contributed by atoms with Gasteiger partial charge >= 0.3 is 0 Å². The van der Waals surface area contributed by atoms with Crippen LogP contribution in [0.4, 0.5) is 0 Å². The Morgan fingerprint density at radius 2 is 1.23 bits per heavy atom. The van der Waals surface area contributed by atoms with Crippen LogP contribution in [-0.2, 0) is 5.54 Å². The molecule has 43 heavy (non-hydrogen) atoms. The Morgan fingerprint density at radius 1 is 0.674 bits per heavy atom. The van der Waals surface area contributed by atoms with Gasteiger partial charge in [-0.25, -0.2) is 4.98 Å². The molecule has 0 N–H and O–H groups in total. The Bertz CT molecular complexity index is 1910. The molecule has 4 heteroatoms. The Kier molecular flexibility index (Phi) is 6.86. The molecule has 0 fully saturated rings. The van der Waals surface area contributed by atoms with Crippen molar-refractivity contribution in [2.24, 2.45) is 0 Å². The van der Waals surface area contributed by atoms with E-state index in [0.29, 0.717) is 11.3 Å². The minimum absolute atomic E-state index is 0.187. The van der Waals surface area contributed by atoms with E-state index in [1.54, 1.807) is 12.1 Å². The molecule has 4 nitrogen and oxygen atoms in total. The van der Waals surface area contributed by atoms with Gasteiger partial charge in [0.15, 0.2) is 5.76 Å². The molecular weight excluding hydrogens is 528 g/mol. The quantitative estimate of drug-likeness (QED) is 0.107. The molecule has 0 bridgehead atoms. The van der Waals surface area contributed by atoms with Gasteiger partial charge < -0.3 is 8.98 Å². The highest BCUT2D eigenvalue weighted by Crippen LogP contribution is 2.41. The van der Waals surface area contributed by atoms with Crippen LogP contribution >= 0.6 is 0 Å². The summed E-state index contributed by atoms with van der Waals surface area (Å²) in [6.07, 6.45) is 7.40. The number of carbonyl (C=O) groups is 1. The largest absolute Gasteiger partial charge is 0.453 e. The van der Waals surface area contributed by atoms with E-state index in [1.807, 2.05) is 79.1 Å². The molecule has 7 rings (SSSR count). The van der Waals surface area contributed by atoms with E-state index in [0.717, 1.165) is 38.9 Å². The Hall–Kier alpha value is -5.74.